The van der Waals surface area contributed by atoms with E-state index in [1.54, 1.807) is 11.6 Å². The number of hydrogen-bond acceptors (Lipinski definition) is 5. The van der Waals surface area contributed by atoms with Crippen molar-refractivity contribution in [1.29, 1.82) is 0 Å². The highest BCUT2D eigenvalue weighted by Crippen LogP contribution is 2.19. The van der Waals surface area contributed by atoms with Gasteiger partial charge in [0.2, 0.25) is 0 Å². The summed E-state index contributed by atoms with van der Waals surface area (Å²) in [5.41, 5.74) is 7.28. The first-order chi connectivity index (χ1) is 8.76. The number of nitrogens with two attached hydrogens (primary N) is 1. The van der Waals surface area contributed by atoms with E-state index < -0.39 is 0 Å². The first-order valence-corrected chi connectivity index (χ1v) is 6.52. The molecule has 6 nitrogen and oxygen atoms in total. The number of rotatable bonds is 6. The Hall–Kier alpha value is -1.18. The number of nitrogens with zero attached hydrogens (tertiary/aromatic N) is 3. The van der Waals surface area contributed by atoms with Gasteiger partial charge in [0.1, 0.15) is 10.4 Å². The van der Waals surface area contributed by atoms with Crippen molar-refractivity contribution >= 4 is 27.4 Å². The highest BCUT2D eigenvalue weighted by atomic mass is 79.9. The molecule has 98 valence electrons. The normalized spacial score (nSPS) is 11.1. The Morgan fingerprint density at radius 2 is 2.33 bits per heavy atom. The van der Waals surface area contributed by atoms with Crippen molar-refractivity contribution in [2.75, 3.05) is 32.1 Å². The van der Waals surface area contributed by atoms with Gasteiger partial charge in [0.05, 0.1) is 12.3 Å². The van der Waals surface area contributed by atoms with Gasteiger partial charge >= 0.3 is 0 Å². The average molecular weight is 314 g/mol. The molecule has 7 heteroatoms. The summed E-state index contributed by atoms with van der Waals surface area (Å²) >= 11 is 3.50. The lowest BCUT2D eigenvalue weighted by atomic mass is 10.3. The number of halogens is 1. The Labute approximate surface area is 114 Å². The van der Waals surface area contributed by atoms with E-state index >= 15 is 0 Å². The molecule has 2 rings (SSSR count). The molecule has 3 N–H and O–H groups in total. The predicted octanol–water partition coefficient (Wildman–Crippen LogP) is 1.05. The number of hydrogen-bond donors (Lipinski definition) is 2. The van der Waals surface area contributed by atoms with E-state index in [-0.39, 0.29) is 0 Å². The number of anilines is 1. The molecule has 2 aromatic rings. The standard InChI is InChI=1S/C11H16BrN5O/c1-18-7-6-14-9-2-3-10-15-8(4-5-13)11(12)17(10)16-9/h2-3H,4-7,13H2,1H3,(H,14,16). The second-order valence-corrected chi connectivity index (χ2v) is 4.55. The molecule has 0 saturated heterocycles. The van der Waals surface area contributed by atoms with Crippen molar-refractivity contribution in [2.45, 2.75) is 6.42 Å². The largest absolute Gasteiger partial charge is 0.383 e. The zero-order valence-corrected chi connectivity index (χ0v) is 11.8. The summed E-state index contributed by atoms with van der Waals surface area (Å²) in [5, 5.41) is 7.63. The smallest absolute Gasteiger partial charge is 0.155 e. The number of nitrogens with one attached hydrogen (secondary N) is 1. The van der Waals surface area contributed by atoms with Crippen molar-refractivity contribution in [2.24, 2.45) is 5.73 Å². The lowest BCUT2D eigenvalue weighted by molar-refractivity contribution is 0.210. The summed E-state index contributed by atoms with van der Waals surface area (Å²) in [4.78, 5) is 4.46. The lowest BCUT2D eigenvalue weighted by Crippen LogP contribution is -2.10. The number of imidazole rings is 1. The number of ether oxygens (including phenoxy) is 1. The number of aromatic nitrogens is 3. The first-order valence-electron chi connectivity index (χ1n) is 5.73. The second kappa shape index (κ2) is 6.12. The maximum Gasteiger partial charge on any atom is 0.155 e. The van der Waals surface area contributed by atoms with E-state index in [4.69, 9.17) is 10.5 Å². The SMILES string of the molecule is COCCNc1ccc2nc(CCN)c(Br)n2n1. The molecule has 2 heterocycles. The van der Waals surface area contributed by atoms with Crippen LogP contribution in [0.15, 0.2) is 16.7 Å². The van der Waals surface area contributed by atoms with Crippen molar-refractivity contribution < 1.29 is 4.74 Å². The average Bonchev–Trinajstić information content (AvgIpc) is 2.68. The van der Waals surface area contributed by atoms with Crippen LogP contribution < -0.4 is 11.1 Å². The van der Waals surface area contributed by atoms with Crippen LogP contribution in [0.3, 0.4) is 0 Å². The number of fused-ring (bicyclic) bond motifs is 1. The molecule has 18 heavy (non-hydrogen) atoms. The zero-order chi connectivity index (χ0) is 13.0. The van der Waals surface area contributed by atoms with Gasteiger partial charge in [0, 0.05) is 20.1 Å². The van der Waals surface area contributed by atoms with Crippen molar-refractivity contribution in [1.82, 2.24) is 14.6 Å². The van der Waals surface area contributed by atoms with Crippen LogP contribution in [0.2, 0.25) is 0 Å². The number of methoxy groups -OCH3 is 1. The van der Waals surface area contributed by atoms with E-state index in [0.29, 0.717) is 13.2 Å². The van der Waals surface area contributed by atoms with Gasteiger partial charge < -0.3 is 15.8 Å². The maximum atomic E-state index is 5.55. The Bertz CT molecular complexity index is 527. The molecule has 0 atom stereocenters. The minimum absolute atomic E-state index is 0.571. The van der Waals surface area contributed by atoms with Gasteiger partial charge in [0.15, 0.2) is 5.65 Å². The summed E-state index contributed by atoms with van der Waals surface area (Å²) in [7, 11) is 1.67. The molecule has 0 bridgehead atoms. The molecule has 0 aliphatic rings. The van der Waals surface area contributed by atoms with Gasteiger partial charge in [-0.05, 0) is 34.6 Å². The van der Waals surface area contributed by atoms with E-state index in [0.717, 1.165) is 34.7 Å². The Kier molecular flexibility index (Phi) is 4.51. The first kappa shape index (κ1) is 13.3. The monoisotopic (exact) mass is 313 g/mol. The topological polar surface area (TPSA) is 77.5 Å². The Morgan fingerprint density at radius 1 is 1.50 bits per heavy atom. The van der Waals surface area contributed by atoms with Crippen LogP contribution in [0.1, 0.15) is 5.69 Å². The van der Waals surface area contributed by atoms with Crippen molar-refractivity contribution in [3.63, 3.8) is 0 Å². The fourth-order valence-electron chi connectivity index (χ4n) is 1.62. The van der Waals surface area contributed by atoms with E-state index in [2.05, 4.69) is 31.3 Å². The van der Waals surface area contributed by atoms with E-state index in [9.17, 15) is 0 Å². The lowest BCUT2D eigenvalue weighted by Gasteiger charge is -2.04. The molecular weight excluding hydrogens is 298 g/mol. The molecule has 0 amide bonds. The van der Waals surface area contributed by atoms with Crippen molar-refractivity contribution in [3.8, 4) is 0 Å². The molecule has 0 aliphatic carbocycles. The summed E-state index contributed by atoms with van der Waals surface area (Å²) in [6, 6.07) is 3.82. The Balaban J connectivity index is 2.24. The molecule has 2 aromatic heterocycles. The highest BCUT2D eigenvalue weighted by molar-refractivity contribution is 9.10. The quantitative estimate of drug-likeness (QED) is 0.780. The fraction of sp³-hybridized carbons (Fsp3) is 0.455. The van der Waals surface area contributed by atoms with Crippen LogP contribution in [0, 0.1) is 0 Å². The summed E-state index contributed by atoms with van der Waals surface area (Å²) in [5.74, 6) is 0.789. The molecule has 0 saturated carbocycles. The molecule has 0 spiro atoms. The van der Waals surface area contributed by atoms with Gasteiger partial charge in [-0.25, -0.2) is 9.50 Å². The van der Waals surface area contributed by atoms with Crippen LogP contribution in [0.5, 0.6) is 0 Å². The molecule has 0 aliphatic heterocycles. The summed E-state index contributed by atoms with van der Waals surface area (Å²) in [6.45, 7) is 1.93. The molecule has 0 radical (unpaired) electrons. The summed E-state index contributed by atoms with van der Waals surface area (Å²) < 4.78 is 7.60. The molecular formula is C11H16BrN5O. The Morgan fingerprint density at radius 3 is 3.06 bits per heavy atom. The third-order valence-electron chi connectivity index (χ3n) is 2.48. The molecule has 0 fully saturated rings. The van der Waals surface area contributed by atoms with E-state index in [1.807, 2.05) is 12.1 Å². The van der Waals surface area contributed by atoms with Gasteiger partial charge in [0.25, 0.3) is 0 Å². The van der Waals surface area contributed by atoms with Crippen LogP contribution in [-0.2, 0) is 11.2 Å². The van der Waals surface area contributed by atoms with Gasteiger partial charge in [-0.1, -0.05) is 0 Å². The van der Waals surface area contributed by atoms with E-state index in [1.165, 1.54) is 0 Å². The minimum Gasteiger partial charge on any atom is -0.383 e. The molecule has 0 aromatic carbocycles. The minimum atomic E-state index is 0.571. The van der Waals surface area contributed by atoms with Crippen LogP contribution in [0.25, 0.3) is 5.65 Å². The van der Waals surface area contributed by atoms with Crippen LogP contribution in [-0.4, -0.2) is 41.4 Å². The third-order valence-corrected chi connectivity index (χ3v) is 3.28. The highest BCUT2D eigenvalue weighted by Gasteiger charge is 2.10. The van der Waals surface area contributed by atoms with Gasteiger partial charge in [-0.15, -0.1) is 5.10 Å². The van der Waals surface area contributed by atoms with Crippen molar-refractivity contribution in [3.05, 3.63) is 22.4 Å². The summed E-state index contributed by atoms with van der Waals surface area (Å²) in [6.07, 6.45) is 0.733. The van der Waals surface area contributed by atoms with Crippen LogP contribution in [0.4, 0.5) is 5.82 Å². The predicted molar refractivity (Wildman–Crippen MR) is 73.8 cm³/mol. The van der Waals surface area contributed by atoms with Gasteiger partial charge in [-0.2, -0.15) is 0 Å². The third kappa shape index (κ3) is 2.80. The maximum absolute atomic E-state index is 5.55. The zero-order valence-electron chi connectivity index (χ0n) is 10.2. The van der Waals surface area contributed by atoms with Crippen LogP contribution >= 0.6 is 15.9 Å². The molecule has 0 unspecified atom stereocenters. The second-order valence-electron chi connectivity index (χ2n) is 3.80. The fourth-order valence-corrected chi connectivity index (χ4v) is 2.17. The van der Waals surface area contributed by atoms with Gasteiger partial charge in [-0.3, -0.25) is 0 Å².